The zero-order valence-corrected chi connectivity index (χ0v) is 23.5. The number of allylic oxidation sites excluding steroid dienone is 1. The molecule has 2 N–H and O–H groups in total. The van der Waals surface area contributed by atoms with Crippen molar-refractivity contribution in [1.82, 2.24) is 10.6 Å². The average molecular weight is 495 g/mol. The number of amides is 2. The summed E-state index contributed by atoms with van der Waals surface area (Å²) in [6.07, 6.45) is 5.70. The average Bonchev–Trinajstić information content (AvgIpc) is 2.77. The number of nitrogens with one attached hydrogen (secondary N) is 2. The third kappa shape index (κ3) is 13.4. The topological polar surface area (TPSA) is 85.9 Å². The highest BCUT2D eigenvalue weighted by molar-refractivity contribution is 5.72. The summed E-state index contributed by atoms with van der Waals surface area (Å²) in [6.45, 7) is 28.3. The van der Waals surface area contributed by atoms with E-state index in [1.54, 1.807) is 12.2 Å². The molecule has 2 atom stereocenters. The van der Waals surface area contributed by atoms with E-state index in [4.69, 9.17) is 14.2 Å². The number of alkyl carbamates (subject to hydrolysis) is 1. The maximum atomic E-state index is 13.0. The Bertz CT molecular complexity index is 731. The monoisotopic (exact) mass is 494 g/mol. The van der Waals surface area contributed by atoms with Crippen molar-refractivity contribution < 1.29 is 23.8 Å². The van der Waals surface area contributed by atoms with Crippen molar-refractivity contribution in [2.75, 3.05) is 26.4 Å². The molecule has 0 saturated carbocycles. The molecule has 0 aromatic carbocycles. The van der Waals surface area contributed by atoms with Crippen LogP contribution in [0.4, 0.5) is 4.79 Å². The summed E-state index contributed by atoms with van der Waals surface area (Å²) in [5.74, 6) is 0.351. The van der Waals surface area contributed by atoms with Gasteiger partial charge >= 0.3 is 6.09 Å². The molecule has 0 saturated heterocycles. The van der Waals surface area contributed by atoms with Crippen LogP contribution < -0.4 is 10.6 Å². The molecular formula is C28H50N2O5. The van der Waals surface area contributed by atoms with Crippen molar-refractivity contribution >= 4 is 12.0 Å². The number of ether oxygens (including phenoxy) is 3. The molecule has 0 aliphatic carbocycles. The van der Waals surface area contributed by atoms with Gasteiger partial charge in [0.1, 0.15) is 12.4 Å². The summed E-state index contributed by atoms with van der Waals surface area (Å²) >= 11 is 0. The number of carbonyl (C=O) groups is 2. The van der Waals surface area contributed by atoms with Crippen LogP contribution in [0.25, 0.3) is 0 Å². The smallest absolute Gasteiger partial charge is 0.407 e. The van der Waals surface area contributed by atoms with Gasteiger partial charge in [0.05, 0.1) is 24.2 Å². The SMILES string of the molecule is C=CC(=C)OCC(CC)(COC(=O)NC(C)(CCNC(C)=O)CC(C)(C)CC)COC(C)(C)C=C. The van der Waals surface area contributed by atoms with E-state index in [1.165, 1.54) is 6.92 Å². The first-order chi connectivity index (χ1) is 16.1. The number of hydrogen-bond donors (Lipinski definition) is 2. The van der Waals surface area contributed by atoms with E-state index in [1.807, 2.05) is 27.7 Å². The summed E-state index contributed by atoms with van der Waals surface area (Å²) in [4.78, 5) is 24.4. The molecule has 0 spiro atoms. The molecule has 0 heterocycles. The van der Waals surface area contributed by atoms with Gasteiger partial charge in [-0.2, -0.15) is 0 Å². The van der Waals surface area contributed by atoms with Crippen LogP contribution in [0, 0.1) is 10.8 Å². The molecule has 7 nitrogen and oxygen atoms in total. The summed E-state index contributed by atoms with van der Waals surface area (Å²) in [5.41, 5.74) is -1.66. The molecule has 2 unspecified atom stereocenters. The maximum absolute atomic E-state index is 13.0. The van der Waals surface area contributed by atoms with Gasteiger partial charge in [-0.25, -0.2) is 4.79 Å². The molecule has 0 radical (unpaired) electrons. The molecular weight excluding hydrogens is 444 g/mol. The van der Waals surface area contributed by atoms with Gasteiger partial charge in [-0.3, -0.25) is 4.79 Å². The van der Waals surface area contributed by atoms with E-state index < -0.39 is 22.6 Å². The predicted molar refractivity (Wildman–Crippen MR) is 143 cm³/mol. The molecule has 0 aliphatic rings. The van der Waals surface area contributed by atoms with Crippen LogP contribution in [-0.4, -0.2) is 49.5 Å². The van der Waals surface area contributed by atoms with E-state index in [2.05, 4.69) is 51.1 Å². The van der Waals surface area contributed by atoms with E-state index in [0.717, 1.165) is 12.8 Å². The van der Waals surface area contributed by atoms with Crippen molar-refractivity contribution in [3.8, 4) is 0 Å². The van der Waals surface area contributed by atoms with Crippen molar-refractivity contribution in [2.45, 2.75) is 92.2 Å². The Morgan fingerprint density at radius 1 is 0.943 bits per heavy atom. The van der Waals surface area contributed by atoms with Gasteiger partial charge in [-0.15, -0.1) is 6.58 Å². The Hall–Kier alpha value is -2.28. The van der Waals surface area contributed by atoms with Gasteiger partial charge in [0.15, 0.2) is 0 Å². The Labute approximate surface area is 213 Å². The molecule has 35 heavy (non-hydrogen) atoms. The third-order valence-corrected chi connectivity index (χ3v) is 6.57. The lowest BCUT2D eigenvalue weighted by Crippen LogP contribution is -2.51. The lowest BCUT2D eigenvalue weighted by Gasteiger charge is -2.38. The molecule has 202 valence electrons. The number of rotatable bonds is 18. The Morgan fingerprint density at radius 3 is 2.03 bits per heavy atom. The summed E-state index contributed by atoms with van der Waals surface area (Å²) in [7, 11) is 0. The molecule has 0 fully saturated rings. The maximum Gasteiger partial charge on any atom is 0.407 e. The van der Waals surface area contributed by atoms with Gasteiger partial charge in [0.25, 0.3) is 0 Å². The minimum atomic E-state index is -0.584. The summed E-state index contributed by atoms with van der Waals surface area (Å²) < 4.78 is 17.6. The Morgan fingerprint density at radius 2 is 1.54 bits per heavy atom. The van der Waals surface area contributed by atoms with E-state index in [0.29, 0.717) is 31.8 Å². The molecule has 0 bridgehead atoms. The lowest BCUT2D eigenvalue weighted by atomic mass is 9.76. The highest BCUT2D eigenvalue weighted by atomic mass is 16.6. The van der Waals surface area contributed by atoms with Crippen molar-refractivity contribution in [3.05, 3.63) is 37.6 Å². The fraction of sp³-hybridized carbons (Fsp3) is 0.714. The fourth-order valence-electron chi connectivity index (χ4n) is 3.53. The van der Waals surface area contributed by atoms with Crippen LogP contribution in [-0.2, 0) is 19.0 Å². The van der Waals surface area contributed by atoms with E-state index >= 15 is 0 Å². The molecule has 0 aromatic rings. The van der Waals surface area contributed by atoms with Crippen molar-refractivity contribution in [3.63, 3.8) is 0 Å². The first-order valence-corrected chi connectivity index (χ1v) is 12.5. The van der Waals surface area contributed by atoms with E-state index in [-0.39, 0.29) is 24.5 Å². The first kappa shape index (κ1) is 32.7. The standard InChI is InChI=1S/C28H50N2O5/c1-12-22(5)33-19-28(15-4,21-35-26(9,10)14-3)20-34-24(32)30-27(11,16-17-29-23(6)31)18-25(7,8)13-2/h12,14H,1,3,5,13,15-21H2,2,4,6-11H3,(H,29,31)(H,30,32). The second kappa shape index (κ2) is 14.3. The molecule has 2 amide bonds. The van der Waals surface area contributed by atoms with Gasteiger partial charge in [-0.1, -0.05) is 53.3 Å². The van der Waals surface area contributed by atoms with Crippen LogP contribution >= 0.6 is 0 Å². The minimum Gasteiger partial charge on any atom is -0.493 e. The highest BCUT2D eigenvalue weighted by Crippen LogP contribution is 2.33. The van der Waals surface area contributed by atoms with Crippen molar-refractivity contribution in [2.24, 2.45) is 10.8 Å². The fourth-order valence-corrected chi connectivity index (χ4v) is 3.53. The van der Waals surface area contributed by atoms with E-state index in [9.17, 15) is 9.59 Å². The minimum absolute atomic E-state index is 0.00836. The van der Waals surface area contributed by atoms with Gasteiger partial charge in [0, 0.05) is 19.0 Å². The summed E-state index contributed by atoms with van der Waals surface area (Å²) in [6, 6.07) is 0. The zero-order chi connectivity index (χ0) is 27.3. The van der Waals surface area contributed by atoms with Crippen LogP contribution in [0.1, 0.15) is 81.1 Å². The zero-order valence-electron chi connectivity index (χ0n) is 23.5. The molecule has 0 rings (SSSR count). The third-order valence-electron chi connectivity index (χ3n) is 6.57. The van der Waals surface area contributed by atoms with Gasteiger partial charge in [0.2, 0.25) is 5.91 Å². The summed E-state index contributed by atoms with van der Waals surface area (Å²) in [5, 5.41) is 5.89. The Kier molecular flexibility index (Phi) is 13.4. The Balaban J connectivity index is 5.52. The van der Waals surface area contributed by atoms with Crippen LogP contribution in [0.5, 0.6) is 0 Å². The molecule has 7 heteroatoms. The highest BCUT2D eigenvalue weighted by Gasteiger charge is 2.36. The van der Waals surface area contributed by atoms with Crippen LogP contribution in [0.2, 0.25) is 0 Å². The largest absolute Gasteiger partial charge is 0.493 e. The second-order valence-electron chi connectivity index (χ2n) is 11.1. The predicted octanol–water partition coefficient (Wildman–Crippen LogP) is 5.92. The first-order valence-electron chi connectivity index (χ1n) is 12.5. The van der Waals surface area contributed by atoms with Crippen LogP contribution in [0.15, 0.2) is 37.6 Å². The van der Waals surface area contributed by atoms with Gasteiger partial charge in [-0.05, 0) is 51.5 Å². The molecule has 0 aliphatic heterocycles. The van der Waals surface area contributed by atoms with Crippen LogP contribution in [0.3, 0.4) is 0 Å². The lowest BCUT2D eigenvalue weighted by molar-refractivity contribution is -0.119. The quantitative estimate of drug-likeness (QED) is 0.140. The number of hydrogen-bond acceptors (Lipinski definition) is 5. The molecule has 0 aromatic heterocycles. The van der Waals surface area contributed by atoms with Gasteiger partial charge < -0.3 is 24.8 Å². The normalized spacial score (nSPS) is 15.2. The second-order valence-corrected chi connectivity index (χ2v) is 11.1. The van der Waals surface area contributed by atoms with Crippen molar-refractivity contribution in [1.29, 1.82) is 0 Å². The number of carbonyl (C=O) groups excluding carboxylic acids is 2.